The Balaban J connectivity index is 2.58. The Kier molecular flexibility index (Phi) is 2.71. The van der Waals surface area contributed by atoms with Crippen LogP contribution in [0.1, 0.15) is 12.5 Å². The Morgan fingerprint density at radius 3 is 2.38 bits per heavy atom. The molecule has 82 valence electrons. The molecule has 2 rings (SSSR count). The first kappa shape index (κ1) is 10.8. The summed E-state index contributed by atoms with van der Waals surface area (Å²) in [6.07, 6.45) is 3.28. The van der Waals surface area contributed by atoms with Crippen LogP contribution in [0.2, 0.25) is 0 Å². The number of aliphatic hydroxyl groups is 1. The molecule has 3 heteroatoms. The minimum absolute atomic E-state index is 0.265. The highest BCUT2D eigenvalue weighted by Crippen LogP contribution is 2.32. The van der Waals surface area contributed by atoms with Crippen molar-refractivity contribution in [3.8, 4) is 11.1 Å². The molecule has 0 saturated carbocycles. The van der Waals surface area contributed by atoms with Crippen molar-refractivity contribution in [1.29, 1.82) is 0 Å². The van der Waals surface area contributed by atoms with E-state index in [1.165, 1.54) is 0 Å². The van der Waals surface area contributed by atoms with Crippen molar-refractivity contribution < 1.29 is 9.50 Å². The van der Waals surface area contributed by atoms with Gasteiger partial charge in [-0.25, -0.2) is 4.39 Å². The van der Waals surface area contributed by atoms with Gasteiger partial charge in [-0.15, -0.1) is 0 Å². The zero-order valence-electron chi connectivity index (χ0n) is 8.89. The number of nitrogens with zero attached hydrogens (tertiary/aromatic N) is 1. The molecule has 0 amide bonds. The van der Waals surface area contributed by atoms with Crippen molar-refractivity contribution in [3.63, 3.8) is 0 Å². The van der Waals surface area contributed by atoms with E-state index in [0.29, 0.717) is 5.56 Å². The molecule has 0 radical (unpaired) electrons. The largest absolute Gasteiger partial charge is 0.358 e. The molecule has 1 atom stereocenters. The topological polar surface area (TPSA) is 33.1 Å². The fraction of sp³-hybridized carbons (Fsp3) is 0.154. The number of benzene rings is 1. The Morgan fingerprint density at radius 1 is 1.12 bits per heavy atom. The van der Waals surface area contributed by atoms with Crippen molar-refractivity contribution in [3.05, 3.63) is 54.4 Å². The highest BCUT2D eigenvalue weighted by atomic mass is 19.2. The molecule has 2 nitrogen and oxygen atoms in total. The van der Waals surface area contributed by atoms with Crippen LogP contribution >= 0.6 is 0 Å². The zero-order chi connectivity index (χ0) is 11.6. The van der Waals surface area contributed by atoms with Crippen molar-refractivity contribution in [2.75, 3.05) is 0 Å². The lowest BCUT2D eigenvalue weighted by Gasteiger charge is -2.17. The number of hydrogen-bond acceptors (Lipinski definition) is 2. The maximum atomic E-state index is 13.6. The second-order valence-electron chi connectivity index (χ2n) is 3.73. The van der Waals surface area contributed by atoms with E-state index < -0.39 is 5.85 Å². The molecule has 0 aliphatic carbocycles. The van der Waals surface area contributed by atoms with Crippen LogP contribution in [-0.4, -0.2) is 10.1 Å². The van der Waals surface area contributed by atoms with Gasteiger partial charge in [0.25, 0.3) is 0 Å². The molecule has 0 aliphatic heterocycles. The van der Waals surface area contributed by atoms with Crippen molar-refractivity contribution >= 4 is 0 Å². The minimum Gasteiger partial charge on any atom is -0.358 e. The van der Waals surface area contributed by atoms with Crippen molar-refractivity contribution in [2.45, 2.75) is 12.8 Å². The van der Waals surface area contributed by atoms with Crippen LogP contribution in [0.25, 0.3) is 11.1 Å². The molecule has 0 spiro atoms. The van der Waals surface area contributed by atoms with Gasteiger partial charge in [0.1, 0.15) is 0 Å². The normalized spacial score (nSPS) is 14.4. The standard InChI is InChI=1S/C13H12FNO/c1-13(14,16)12-5-3-2-4-11(12)10-6-8-15-9-7-10/h2-9,16H,1H3. The van der Waals surface area contributed by atoms with Gasteiger partial charge in [-0.1, -0.05) is 24.3 Å². The number of rotatable bonds is 2. The molecular weight excluding hydrogens is 205 g/mol. The van der Waals surface area contributed by atoms with Gasteiger partial charge in [0.2, 0.25) is 5.85 Å². The van der Waals surface area contributed by atoms with Gasteiger partial charge in [0.05, 0.1) is 0 Å². The lowest BCUT2D eigenvalue weighted by atomic mass is 9.96. The van der Waals surface area contributed by atoms with E-state index in [1.807, 2.05) is 6.07 Å². The number of halogens is 1. The first-order chi connectivity index (χ1) is 7.59. The molecule has 1 aromatic heterocycles. The van der Waals surface area contributed by atoms with Crippen LogP contribution in [0, 0.1) is 0 Å². The molecule has 1 N–H and O–H groups in total. The van der Waals surface area contributed by atoms with E-state index in [-0.39, 0.29) is 5.56 Å². The average molecular weight is 217 g/mol. The van der Waals surface area contributed by atoms with Crippen LogP contribution in [0.3, 0.4) is 0 Å². The lowest BCUT2D eigenvalue weighted by Crippen LogP contribution is -2.14. The van der Waals surface area contributed by atoms with Gasteiger partial charge in [-0.05, 0) is 30.2 Å². The van der Waals surface area contributed by atoms with Gasteiger partial charge in [0.15, 0.2) is 0 Å². The average Bonchev–Trinajstić information content (AvgIpc) is 2.29. The Labute approximate surface area is 93.4 Å². The van der Waals surface area contributed by atoms with Gasteiger partial charge in [-0.2, -0.15) is 0 Å². The SMILES string of the molecule is CC(O)(F)c1ccccc1-c1ccncc1. The number of pyridine rings is 1. The van der Waals surface area contributed by atoms with Crippen LogP contribution in [0.4, 0.5) is 4.39 Å². The predicted octanol–water partition coefficient (Wildman–Crippen LogP) is 2.88. The van der Waals surface area contributed by atoms with E-state index in [9.17, 15) is 9.50 Å². The number of aromatic nitrogens is 1. The quantitative estimate of drug-likeness (QED) is 0.839. The monoisotopic (exact) mass is 217 g/mol. The van der Waals surface area contributed by atoms with Crippen molar-refractivity contribution in [2.24, 2.45) is 0 Å². The fourth-order valence-electron chi connectivity index (χ4n) is 1.66. The summed E-state index contributed by atoms with van der Waals surface area (Å²) in [5, 5.41) is 9.45. The molecule has 16 heavy (non-hydrogen) atoms. The third-order valence-electron chi connectivity index (χ3n) is 2.41. The summed E-state index contributed by atoms with van der Waals surface area (Å²) in [6, 6.07) is 10.4. The number of alkyl halides is 1. The van der Waals surface area contributed by atoms with Crippen molar-refractivity contribution in [1.82, 2.24) is 4.98 Å². The Bertz CT molecular complexity index is 477. The molecule has 0 fully saturated rings. The van der Waals surface area contributed by atoms with E-state index in [2.05, 4.69) is 4.98 Å². The second kappa shape index (κ2) is 4.02. The van der Waals surface area contributed by atoms with Gasteiger partial charge in [-0.3, -0.25) is 4.98 Å². The smallest absolute Gasteiger partial charge is 0.230 e. The first-order valence-corrected chi connectivity index (χ1v) is 5.00. The molecule has 2 aromatic rings. The highest BCUT2D eigenvalue weighted by Gasteiger charge is 2.24. The summed E-state index contributed by atoms with van der Waals surface area (Å²) in [4.78, 5) is 3.91. The summed E-state index contributed by atoms with van der Waals surface area (Å²) in [5.74, 6) is -2.33. The van der Waals surface area contributed by atoms with E-state index in [1.54, 1.807) is 42.7 Å². The van der Waals surface area contributed by atoms with Crippen LogP contribution < -0.4 is 0 Å². The summed E-state index contributed by atoms with van der Waals surface area (Å²) >= 11 is 0. The maximum Gasteiger partial charge on any atom is 0.230 e. The van der Waals surface area contributed by atoms with E-state index in [4.69, 9.17) is 0 Å². The first-order valence-electron chi connectivity index (χ1n) is 5.00. The molecule has 1 aromatic carbocycles. The van der Waals surface area contributed by atoms with Gasteiger partial charge in [0, 0.05) is 18.0 Å². The Hall–Kier alpha value is -1.74. The van der Waals surface area contributed by atoms with Gasteiger partial charge < -0.3 is 5.11 Å². The highest BCUT2D eigenvalue weighted by molar-refractivity contribution is 5.67. The minimum atomic E-state index is -2.33. The molecule has 1 heterocycles. The summed E-state index contributed by atoms with van der Waals surface area (Å²) in [7, 11) is 0. The molecule has 0 bridgehead atoms. The van der Waals surface area contributed by atoms with E-state index >= 15 is 0 Å². The maximum absolute atomic E-state index is 13.6. The molecule has 0 aliphatic rings. The van der Waals surface area contributed by atoms with Gasteiger partial charge >= 0.3 is 0 Å². The summed E-state index contributed by atoms with van der Waals surface area (Å²) in [5.41, 5.74) is 1.78. The third-order valence-corrected chi connectivity index (χ3v) is 2.41. The molecule has 1 unspecified atom stereocenters. The summed E-state index contributed by atoms with van der Waals surface area (Å²) < 4.78 is 13.6. The lowest BCUT2D eigenvalue weighted by molar-refractivity contribution is -0.0763. The van der Waals surface area contributed by atoms with Crippen LogP contribution in [0.5, 0.6) is 0 Å². The molecule has 0 saturated heterocycles. The number of hydrogen-bond donors (Lipinski definition) is 1. The predicted molar refractivity (Wildman–Crippen MR) is 60.4 cm³/mol. The Morgan fingerprint density at radius 2 is 1.75 bits per heavy atom. The fourth-order valence-corrected chi connectivity index (χ4v) is 1.66. The third kappa shape index (κ3) is 2.09. The second-order valence-corrected chi connectivity index (χ2v) is 3.73. The van der Waals surface area contributed by atoms with Crippen LogP contribution in [-0.2, 0) is 5.85 Å². The van der Waals surface area contributed by atoms with E-state index in [0.717, 1.165) is 12.5 Å². The molecular formula is C13H12FNO. The zero-order valence-corrected chi connectivity index (χ0v) is 8.89. The summed E-state index contributed by atoms with van der Waals surface area (Å²) in [6.45, 7) is 1.13. The van der Waals surface area contributed by atoms with Crippen LogP contribution in [0.15, 0.2) is 48.8 Å².